The normalized spacial score (nSPS) is 28.4. The van der Waals surface area contributed by atoms with Crippen LogP contribution in [0.3, 0.4) is 0 Å². The minimum Gasteiger partial charge on any atom is -0.339 e. The highest BCUT2D eigenvalue weighted by Crippen LogP contribution is 2.40. The molecule has 0 radical (unpaired) electrons. The van der Waals surface area contributed by atoms with Crippen molar-refractivity contribution < 1.29 is 9.05 Å². The molecule has 7 nitrogen and oxygen atoms in total. The van der Waals surface area contributed by atoms with Crippen LogP contribution in [0.25, 0.3) is 0 Å². The van der Waals surface area contributed by atoms with E-state index in [9.17, 15) is 0 Å². The SMILES string of the molecule is CC1(c2nc(C3CC3)no2)CCCN(Cc2nc(C3CC3)no2)C1. The predicted octanol–water partition coefficient (Wildman–Crippen LogP) is 2.76. The summed E-state index contributed by atoms with van der Waals surface area (Å²) in [4.78, 5) is 11.6. The van der Waals surface area contributed by atoms with Crippen molar-refractivity contribution in [1.82, 2.24) is 25.2 Å². The number of hydrogen-bond donors (Lipinski definition) is 0. The zero-order valence-corrected chi connectivity index (χ0v) is 14.1. The maximum atomic E-state index is 5.61. The molecule has 3 aliphatic rings. The van der Waals surface area contributed by atoms with E-state index in [1.165, 1.54) is 25.7 Å². The molecule has 1 unspecified atom stereocenters. The van der Waals surface area contributed by atoms with Crippen LogP contribution in [-0.4, -0.2) is 38.3 Å². The zero-order valence-electron chi connectivity index (χ0n) is 14.1. The number of aromatic nitrogens is 4. The lowest BCUT2D eigenvalue weighted by atomic mass is 9.81. The average molecular weight is 329 g/mol. The first kappa shape index (κ1) is 14.6. The summed E-state index contributed by atoms with van der Waals surface area (Å²) in [5.41, 5.74) is -0.0856. The Morgan fingerprint density at radius 2 is 1.75 bits per heavy atom. The van der Waals surface area contributed by atoms with Crippen LogP contribution in [0.15, 0.2) is 9.05 Å². The third kappa shape index (κ3) is 2.75. The smallest absolute Gasteiger partial charge is 0.240 e. The molecule has 0 bridgehead atoms. The Kier molecular flexibility index (Phi) is 3.26. The van der Waals surface area contributed by atoms with Crippen molar-refractivity contribution in [3.63, 3.8) is 0 Å². The van der Waals surface area contributed by atoms with Gasteiger partial charge in [-0.1, -0.05) is 10.3 Å². The van der Waals surface area contributed by atoms with E-state index in [1.54, 1.807) is 0 Å². The average Bonchev–Trinajstić information content (AvgIpc) is 3.50. The van der Waals surface area contributed by atoms with E-state index < -0.39 is 0 Å². The van der Waals surface area contributed by atoms with Gasteiger partial charge in [0.25, 0.3) is 0 Å². The van der Waals surface area contributed by atoms with Crippen LogP contribution in [-0.2, 0) is 12.0 Å². The van der Waals surface area contributed by atoms with Gasteiger partial charge in [-0.3, -0.25) is 4.90 Å². The fourth-order valence-corrected chi connectivity index (χ4v) is 3.67. The van der Waals surface area contributed by atoms with Crippen molar-refractivity contribution in [3.05, 3.63) is 23.4 Å². The van der Waals surface area contributed by atoms with E-state index in [2.05, 4.69) is 32.1 Å². The maximum absolute atomic E-state index is 5.61. The number of likely N-dealkylation sites (tertiary alicyclic amines) is 1. The lowest BCUT2D eigenvalue weighted by Gasteiger charge is -2.37. The second kappa shape index (κ2) is 5.37. The van der Waals surface area contributed by atoms with Crippen molar-refractivity contribution in [2.45, 2.75) is 69.2 Å². The molecule has 2 aromatic rings. The Balaban J connectivity index is 1.28. The van der Waals surface area contributed by atoms with Crippen LogP contribution in [0, 0.1) is 0 Å². The molecule has 7 heteroatoms. The lowest BCUT2D eigenvalue weighted by Crippen LogP contribution is -2.44. The first-order chi connectivity index (χ1) is 11.7. The van der Waals surface area contributed by atoms with Crippen LogP contribution in [0.2, 0.25) is 0 Å². The van der Waals surface area contributed by atoms with Gasteiger partial charge in [-0.05, 0) is 52.0 Å². The van der Waals surface area contributed by atoms with Gasteiger partial charge in [0.2, 0.25) is 11.8 Å². The van der Waals surface area contributed by atoms with Crippen molar-refractivity contribution in [1.29, 1.82) is 0 Å². The van der Waals surface area contributed by atoms with Gasteiger partial charge < -0.3 is 9.05 Å². The number of piperidine rings is 1. The Labute approximate surface area is 140 Å². The van der Waals surface area contributed by atoms with Gasteiger partial charge in [0.15, 0.2) is 11.6 Å². The molecule has 24 heavy (non-hydrogen) atoms. The first-order valence-electron chi connectivity index (χ1n) is 9.08. The second-order valence-corrected chi connectivity index (χ2v) is 7.93. The van der Waals surface area contributed by atoms with E-state index in [4.69, 9.17) is 9.05 Å². The van der Waals surface area contributed by atoms with Gasteiger partial charge in [-0.15, -0.1) is 0 Å². The van der Waals surface area contributed by atoms with E-state index in [0.717, 1.165) is 49.4 Å². The fraction of sp³-hybridized carbons (Fsp3) is 0.765. The Hall–Kier alpha value is -1.76. The highest BCUT2D eigenvalue weighted by atomic mass is 16.5. The highest BCUT2D eigenvalue weighted by Gasteiger charge is 2.40. The van der Waals surface area contributed by atoms with E-state index in [1.807, 2.05) is 0 Å². The van der Waals surface area contributed by atoms with Gasteiger partial charge in [-0.25, -0.2) is 0 Å². The van der Waals surface area contributed by atoms with Gasteiger partial charge >= 0.3 is 0 Å². The van der Waals surface area contributed by atoms with E-state index >= 15 is 0 Å². The second-order valence-electron chi connectivity index (χ2n) is 7.93. The summed E-state index contributed by atoms with van der Waals surface area (Å²) in [6, 6.07) is 0. The number of rotatable bonds is 5. The van der Waals surface area contributed by atoms with Crippen molar-refractivity contribution in [2.24, 2.45) is 0 Å². The molecule has 3 heterocycles. The molecule has 5 rings (SSSR count). The summed E-state index contributed by atoms with van der Waals surface area (Å²) >= 11 is 0. The minimum absolute atomic E-state index is 0.0856. The molecule has 0 spiro atoms. The molecule has 0 aromatic carbocycles. The summed E-state index contributed by atoms with van der Waals surface area (Å²) in [7, 11) is 0. The zero-order chi connectivity index (χ0) is 16.1. The minimum atomic E-state index is -0.0856. The standard InChI is InChI=1S/C17H23N5O2/c1-17(16-19-15(21-24-16)12-5-6-12)7-2-8-22(10-17)9-13-18-14(20-23-13)11-3-4-11/h11-12H,2-10H2,1H3. The molecule has 2 aromatic heterocycles. The van der Waals surface area contributed by atoms with Crippen LogP contribution in [0.4, 0.5) is 0 Å². The third-order valence-corrected chi connectivity index (χ3v) is 5.46. The largest absolute Gasteiger partial charge is 0.339 e. The van der Waals surface area contributed by atoms with Gasteiger partial charge in [0.1, 0.15) is 0 Å². The molecule has 0 N–H and O–H groups in total. The van der Waals surface area contributed by atoms with E-state index in [-0.39, 0.29) is 5.41 Å². The molecule has 1 aliphatic heterocycles. The monoisotopic (exact) mass is 329 g/mol. The Morgan fingerprint density at radius 1 is 1.04 bits per heavy atom. The summed E-state index contributed by atoms with van der Waals surface area (Å²) in [6.45, 7) is 4.87. The molecule has 2 saturated carbocycles. The van der Waals surface area contributed by atoms with Crippen LogP contribution in [0.1, 0.15) is 80.7 Å². The maximum Gasteiger partial charge on any atom is 0.240 e. The molecule has 3 fully saturated rings. The topological polar surface area (TPSA) is 81.1 Å². The van der Waals surface area contributed by atoms with Crippen molar-refractivity contribution in [3.8, 4) is 0 Å². The number of hydrogen-bond acceptors (Lipinski definition) is 7. The molecule has 1 atom stereocenters. The van der Waals surface area contributed by atoms with Crippen LogP contribution < -0.4 is 0 Å². The van der Waals surface area contributed by atoms with Crippen molar-refractivity contribution >= 4 is 0 Å². The van der Waals surface area contributed by atoms with Gasteiger partial charge in [0.05, 0.1) is 12.0 Å². The third-order valence-electron chi connectivity index (χ3n) is 5.46. The molecule has 1 saturated heterocycles. The first-order valence-corrected chi connectivity index (χ1v) is 9.08. The summed E-state index contributed by atoms with van der Waals surface area (Å²) < 4.78 is 11.0. The van der Waals surface area contributed by atoms with Crippen molar-refractivity contribution in [2.75, 3.05) is 13.1 Å². The molecule has 128 valence electrons. The Morgan fingerprint density at radius 3 is 2.50 bits per heavy atom. The van der Waals surface area contributed by atoms with Crippen LogP contribution >= 0.6 is 0 Å². The molecular formula is C17H23N5O2. The van der Waals surface area contributed by atoms with Gasteiger partial charge in [0, 0.05) is 18.4 Å². The molecule has 0 amide bonds. The quantitative estimate of drug-likeness (QED) is 0.834. The highest BCUT2D eigenvalue weighted by molar-refractivity contribution is 5.11. The fourth-order valence-electron chi connectivity index (χ4n) is 3.67. The Bertz CT molecular complexity index is 733. The number of nitrogens with zero attached hydrogens (tertiary/aromatic N) is 5. The lowest BCUT2D eigenvalue weighted by molar-refractivity contribution is 0.113. The summed E-state index contributed by atoms with van der Waals surface area (Å²) in [5.74, 6) is 4.37. The van der Waals surface area contributed by atoms with Crippen LogP contribution in [0.5, 0.6) is 0 Å². The molecular weight excluding hydrogens is 306 g/mol. The summed E-state index contributed by atoms with van der Waals surface area (Å²) in [5, 5.41) is 8.31. The van der Waals surface area contributed by atoms with E-state index in [0.29, 0.717) is 18.4 Å². The molecule has 2 aliphatic carbocycles. The summed E-state index contributed by atoms with van der Waals surface area (Å²) in [6.07, 6.45) is 6.97. The predicted molar refractivity (Wildman–Crippen MR) is 84.4 cm³/mol. The van der Waals surface area contributed by atoms with Gasteiger partial charge in [-0.2, -0.15) is 9.97 Å².